The highest BCUT2D eigenvalue weighted by atomic mass is 79.9. The van der Waals surface area contributed by atoms with Crippen molar-refractivity contribution in [2.45, 2.75) is 6.42 Å². The van der Waals surface area contributed by atoms with Crippen LogP contribution >= 0.6 is 15.9 Å². The van der Waals surface area contributed by atoms with Gasteiger partial charge in [-0.3, -0.25) is 4.79 Å². The molecule has 7 heteroatoms. The summed E-state index contributed by atoms with van der Waals surface area (Å²) in [5.41, 5.74) is 4.47. The average molecular weight is 389 g/mol. The number of rotatable bonds is 4. The van der Waals surface area contributed by atoms with E-state index in [0.717, 1.165) is 15.5 Å². The topological polar surface area (TPSA) is 59.3 Å². The van der Waals surface area contributed by atoms with Crippen molar-refractivity contribution in [1.29, 1.82) is 0 Å². The lowest BCUT2D eigenvalue weighted by atomic mass is 10.2. The molecule has 122 valence electrons. The summed E-state index contributed by atoms with van der Waals surface area (Å²) in [5.74, 6) is -0.0934. The second-order valence-electron chi connectivity index (χ2n) is 5.21. The molecule has 0 spiro atoms. The first kappa shape index (κ1) is 16.3. The van der Waals surface area contributed by atoms with Gasteiger partial charge in [0.05, 0.1) is 23.7 Å². The molecule has 1 heterocycles. The van der Waals surface area contributed by atoms with Gasteiger partial charge >= 0.3 is 0 Å². The summed E-state index contributed by atoms with van der Waals surface area (Å²) in [6.07, 6.45) is 1.36. The second kappa shape index (κ2) is 6.92. The standard InChI is InChI=1S/C17H14BrFN4O/c1-23-15-5-3-2-4-14(15)21-16(23)9-17(24)22-20-10-11-8-12(18)6-7-13(11)19/h2-8,10H,9H2,1H3,(H,22,24)/b20-10+. The Morgan fingerprint density at radius 3 is 2.96 bits per heavy atom. The molecule has 2 aromatic carbocycles. The summed E-state index contributed by atoms with van der Waals surface area (Å²) in [4.78, 5) is 16.4. The molecule has 0 atom stereocenters. The second-order valence-corrected chi connectivity index (χ2v) is 6.13. The number of hydrazone groups is 1. The molecule has 0 aliphatic rings. The maximum absolute atomic E-state index is 13.6. The molecule has 3 aromatic rings. The van der Waals surface area contributed by atoms with E-state index in [-0.39, 0.29) is 17.9 Å². The zero-order valence-electron chi connectivity index (χ0n) is 12.8. The molecular weight excluding hydrogens is 375 g/mol. The minimum absolute atomic E-state index is 0.0868. The van der Waals surface area contributed by atoms with Crippen LogP contribution < -0.4 is 5.43 Å². The van der Waals surface area contributed by atoms with E-state index in [2.05, 4.69) is 31.4 Å². The molecule has 0 fully saturated rings. The number of nitrogens with one attached hydrogen (secondary N) is 1. The van der Waals surface area contributed by atoms with Crippen molar-refractivity contribution in [1.82, 2.24) is 15.0 Å². The number of amides is 1. The number of carbonyl (C=O) groups is 1. The van der Waals surface area contributed by atoms with Gasteiger partial charge in [-0.1, -0.05) is 28.1 Å². The highest BCUT2D eigenvalue weighted by Gasteiger charge is 2.11. The van der Waals surface area contributed by atoms with Gasteiger partial charge < -0.3 is 4.57 Å². The molecule has 3 rings (SSSR count). The average Bonchev–Trinajstić information content (AvgIpc) is 2.87. The van der Waals surface area contributed by atoms with Crippen molar-refractivity contribution in [2.24, 2.45) is 12.1 Å². The summed E-state index contributed by atoms with van der Waals surface area (Å²) in [6, 6.07) is 12.2. The van der Waals surface area contributed by atoms with Crippen molar-refractivity contribution in [3.63, 3.8) is 0 Å². The van der Waals surface area contributed by atoms with Crippen LogP contribution in [-0.4, -0.2) is 21.7 Å². The molecule has 1 N–H and O–H groups in total. The lowest BCUT2D eigenvalue weighted by Gasteiger charge is -2.02. The maximum atomic E-state index is 13.6. The largest absolute Gasteiger partial charge is 0.331 e. The number of hydrogen-bond donors (Lipinski definition) is 1. The first-order valence-electron chi connectivity index (χ1n) is 7.22. The van der Waals surface area contributed by atoms with E-state index in [1.54, 1.807) is 12.1 Å². The van der Waals surface area contributed by atoms with E-state index in [0.29, 0.717) is 5.82 Å². The van der Waals surface area contributed by atoms with E-state index in [1.165, 1.54) is 12.3 Å². The van der Waals surface area contributed by atoms with Crippen molar-refractivity contribution < 1.29 is 9.18 Å². The van der Waals surface area contributed by atoms with Gasteiger partial charge in [-0.15, -0.1) is 0 Å². The van der Waals surface area contributed by atoms with Crippen LogP contribution in [0.25, 0.3) is 11.0 Å². The molecule has 1 amide bonds. The van der Waals surface area contributed by atoms with Crippen molar-refractivity contribution in [3.05, 3.63) is 64.1 Å². The first-order valence-corrected chi connectivity index (χ1v) is 8.01. The molecule has 1 aromatic heterocycles. The minimum atomic E-state index is -0.411. The van der Waals surface area contributed by atoms with Gasteiger partial charge in [0.15, 0.2) is 0 Å². The maximum Gasteiger partial charge on any atom is 0.247 e. The van der Waals surface area contributed by atoms with Crippen LogP contribution in [-0.2, 0) is 18.3 Å². The van der Waals surface area contributed by atoms with Gasteiger partial charge in [-0.05, 0) is 30.3 Å². The van der Waals surface area contributed by atoms with Crippen LogP contribution in [0.4, 0.5) is 4.39 Å². The van der Waals surface area contributed by atoms with E-state index in [9.17, 15) is 9.18 Å². The summed E-state index contributed by atoms with van der Waals surface area (Å²) in [6.45, 7) is 0. The molecule has 0 bridgehead atoms. The molecule has 0 unspecified atom stereocenters. The SMILES string of the molecule is Cn1c(CC(=O)N/N=C/c2cc(Br)ccc2F)nc2ccccc21. The minimum Gasteiger partial charge on any atom is -0.331 e. The van der Waals surface area contributed by atoms with Gasteiger partial charge in [-0.2, -0.15) is 5.10 Å². The Balaban J connectivity index is 1.68. The molecule has 24 heavy (non-hydrogen) atoms. The summed E-state index contributed by atoms with van der Waals surface area (Å²) in [7, 11) is 1.86. The van der Waals surface area contributed by atoms with E-state index >= 15 is 0 Å². The van der Waals surface area contributed by atoms with Gasteiger partial charge in [0.1, 0.15) is 11.6 Å². The Morgan fingerprint density at radius 2 is 2.17 bits per heavy atom. The lowest BCUT2D eigenvalue weighted by molar-refractivity contribution is -0.120. The Bertz CT molecular complexity index is 935. The highest BCUT2D eigenvalue weighted by molar-refractivity contribution is 9.10. The van der Waals surface area contributed by atoms with Crippen molar-refractivity contribution in [2.75, 3.05) is 0 Å². The van der Waals surface area contributed by atoms with Gasteiger partial charge in [0.25, 0.3) is 0 Å². The van der Waals surface area contributed by atoms with Crippen molar-refractivity contribution in [3.8, 4) is 0 Å². The van der Waals surface area contributed by atoms with Gasteiger partial charge in [0, 0.05) is 17.1 Å². The molecule has 0 radical (unpaired) electrons. The Labute approximate surface area is 146 Å². The predicted molar refractivity (Wildman–Crippen MR) is 94.3 cm³/mol. The molecule has 0 saturated heterocycles. The normalized spacial score (nSPS) is 11.3. The number of benzene rings is 2. The third kappa shape index (κ3) is 3.51. The van der Waals surface area contributed by atoms with Crippen LogP contribution in [0.5, 0.6) is 0 Å². The van der Waals surface area contributed by atoms with Gasteiger partial charge in [0.2, 0.25) is 5.91 Å². The zero-order chi connectivity index (χ0) is 17.1. The molecule has 0 saturated carbocycles. The zero-order valence-corrected chi connectivity index (χ0v) is 14.4. The fourth-order valence-corrected chi connectivity index (χ4v) is 2.70. The number of hydrogen-bond acceptors (Lipinski definition) is 3. The number of halogens is 2. The molecular formula is C17H14BrFN4O. The van der Waals surface area contributed by atoms with Crippen LogP contribution in [0.3, 0.4) is 0 Å². The third-order valence-electron chi connectivity index (χ3n) is 3.55. The van der Waals surface area contributed by atoms with Gasteiger partial charge in [-0.25, -0.2) is 14.8 Å². The van der Waals surface area contributed by atoms with E-state index in [1.807, 2.05) is 35.9 Å². The van der Waals surface area contributed by atoms with Crippen molar-refractivity contribution >= 4 is 39.1 Å². The predicted octanol–water partition coefficient (Wildman–Crippen LogP) is 3.17. The number of aromatic nitrogens is 2. The number of aryl methyl sites for hydroxylation is 1. The summed E-state index contributed by atoms with van der Waals surface area (Å²) < 4.78 is 16.2. The summed E-state index contributed by atoms with van der Waals surface area (Å²) in [5, 5.41) is 3.80. The van der Waals surface area contributed by atoms with Crippen LogP contribution in [0, 0.1) is 5.82 Å². The number of imidazole rings is 1. The fraction of sp³-hybridized carbons (Fsp3) is 0.118. The Kier molecular flexibility index (Phi) is 4.71. The van der Waals surface area contributed by atoms with Crippen LogP contribution in [0.15, 0.2) is 52.0 Å². The number of nitrogens with zero attached hydrogens (tertiary/aromatic N) is 3. The smallest absolute Gasteiger partial charge is 0.247 e. The van der Waals surface area contributed by atoms with Crippen LogP contribution in [0.2, 0.25) is 0 Å². The summed E-state index contributed by atoms with van der Waals surface area (Å²) >= 11 is 3.26. The highest BCUT2D eigenvalue weighted by Crippen LogP contribution is 2.15. The number of carbonyl (C=O) groups excluding carboxylic acids is 1. The molecule has 5 nitrogen and oxygen atoms in total. The fourth-order valence-electron chi connectivity index (χ4n) is 2.32. The number of fused-ring (bicyclic) bond motifs is 1. The number of para-hydroxylation sites is 2. The Hall–Kier alpha value is -2.54. The lowest BCUT2D eigenvalue weighted by Crippen LogP contribution is -2.21. The monoisotopic (exact) mass is 388 g/mol. The molecule has 0 aliphatic carbocycles. The van der Waals surface area contributed by atoms with E-state index < -0.39 is 5.82 Å². The quantitative estimate of drug-likeness (QED) is 0.551. The Morgan fingerprint density at radius 1 is 1.38 bits per heavy atom. The third-order valence-corrected chi connectivity index (χ3v) is 4.04. The first-order chi connectivity index (χ1) is 11.5. The van der Waals surface area contributed by atoms with E-state index in [4.69, 9.17) is 0 Å². The molecule has 0 aliphatic heterocycles. The van der Waals surface area contributed by atoms with Crippen LogP contribution in [0.1, 0.15) is 11.4 Å².